The lowest BCUT2D eigenvalue weighted by atomic mass is 10.0. The van der Waals surface area contributed by atoms with Crippen molar-refractivity contribution in [3.8, 4) is 16.9 Å². The lowest BCUT2D eigenvalue weighted by Gasteiger charge is -2.45. The third-order valence-electron chi connectivity index (χ3n) is 9.45. The summed E-state index contributed by atoms with van der Waals surface area (Å²) in [5, 5.41) is 0.286. The molecule has 2 saturated carbocycles. The number of nitrogen functional groups attached to an aromatic ring is 1. The van der Waals surface area contributed by atoms with Gasteiger partial charge in [-0.1, -0.05) is 24.2 Å². The largest absolute Gasteiger partial charge is 0.398 e. The van der Waals surface area contributed by atoms with Crippen molar-refractivity contribution >= 4 is 49.8 Å². The van der Waals surface area contributed by atoms with Crippen LogP contribution < -0.4 is 16.2 Å². The first-order valence-corrected chi connectivity index (χ1v) is 18.2. The maximum atomic E-state index is 15.4. The molecule has 48 heavy (non-hydrogen) atoms. The third-order valence-corrected chi connectivity index (χ3v) is 10.8. The number of hydrogen-bond acceptors (Lipinski definition) is 9. The highest BCUT2D eigenvalue weighted by molar-refractivity contribution is 7.90. The summed E-state index contributed by atoms with van der Waals surface area (Å²) in [7, 11) is -4.20. The number of rotatable bonds is 7. The van der Waals surface area contributed by atoms with Gasteiger partial charge in [0.1, 0.15) is 17.8 Å². The van der Waals surface area contributed by atoms with E-state index in [9.17, 15) is 13.2 Å². The first-order chi connectivity index (χ1) is 22.8. The van der Waals surface area contributed by atoms with E-state index in [4.69, 9.17) is 22.3 Å². The number of nitrogens with two attached hydrogens (primary N) is 1. The van der Waals surface area contributed by atoms with Crippen LogP contribution in [0.5, 0.6) is 0 Å². The number of piperazine rings is 1. The van der Waals surface area contributed by atoms with Gasteiger partial charge in [-0.3, -0.25) is 14.2 Å². The number of fused-ring (bicyclic) bond motifs is 1. The number of hydrogen-bond donors (Lipinski definition) is 1. The zero-order chi connectivity index (χ0) is 34.2. The van der Waals surface area contributed by atoms with Crippen molar-refractivity contribution in [1.82, 2.24) is 24.4 Å². The number of halogens is 2. The number of aromatic nitrogens is 4. The van der Waals surface area contributed by atoms with Crippen molar-refractivity contribution in [2.45, 2.75) is 68.3 Å². The summed E-state index contributed by atoms with van der Waals surface area (Å²) >= 11 is 6.90. The average molecular weight is 692 g/mol. The number of sulfone groups is 1. The van der Waals surface area contributed by atoms with Gasteiger partial charge in [-0.05, 0) is 63.8 Å². The quantitative estimate of drug-likeness (QED) is 0.209. The molecule has 3 fully saturated rings. The zero-order valence-electron chi connectivity index (χ0n) is 26.8. The molecule has 7 rings (SSSR count). The topological polar surface area (TPSA) is 144 Å². The number of carbonyl (C=O) groups is 1. The van der Waals surface area contributed by atoms with Crippen molar-refractivity contribution < 1.29 is 17.6 Å². The molecule has 250 valence electrons. The van der Waals surface area contributed by atoms with Gasteiger partial charge in [0.2, 0.25) is 5.91 Å². The van der Waals surface area contributed by atoms with E-state index >= 15 is 9.18 Å². The fourth-order valence-corrected chi connectivity index (χ4v) is 8.08. The second-order valence-electron chi connectivity index (χ2n) is 13.1. The van der Waals surface area contributed by atoms with Crippen LogP contribution in [-0.4, -0.2) is 70.2 Å². The molecule has 4 aromatic rings. The van der Waals surface area contributed by atoms with Crippen LogP contribution in [0.4, 0.5) is 15.8 Å². The highest BCUT2D eigenvalue weighted by atomic mass is 35.5. The van der Waals surface area contributed by atoms with Gasteiger partial charge < -0.3 is 15.5 Å². The molecule has 0 spiro atoms. The van der Waals surface area contributed by atoms with Gasteiger partial charge in [0, 0.05) is 54.3 Å². The van der Waals surface area contributed by atoms with E-state index in [1.54, 1.807) is 4.90 Å². The highest BCUT2D eigenvalue weighted by Gasteiger charge is 2.40. The maximum Gasteiger partial charge on any atom is 0.277 e. The summed E-state index contributed by atoms with van der Waals surface area (Å²) in [4.78, 5) is 44.8. The smallest absolute Gasteiger partial charge is 0.277 e. The van der Waals surface area contributed by atoms with Crippen LogP contribution >= 0.6 is 11.6 Å². The number of nitrogens with zero attached hydrogens (tertiary/aromatic N) is 6. The average Bonchev–Trinajstić information content (AvgIpc) is 3.95. The van der Waals surface area contributed by atoms with Crippen molar-refractivity contribution in [3.05, 3.63) is 75.8 Å². The molecule has 3 aliphatic rings. The SMILES string of the molecule is C=CC(=O)N1C[C@H](C)N(c2c(S(C)(=O)=O)c(=O)n(-c3c(C4CC4)ncnc3C3CC3)c3nc(-c4c(N)cccc4F)c(Cl)cc23)C[C@H]1C. The Morgan fingerprint density at radius 2 is 1.71 bits per heavy atom. The summed E-state index contributed by atoms with van der Waals surface area (Å²) in [6.07, 6.45) is 7.17. The molecule has 11 nitrogen and oxygen atoms in total. The predicted molar refractivity (Wildman–Crippen MR) is 183 cm³/mol. The van der Waals surface area contributed by atoms with Gasteiger partial charge in [-0.15, -0.1) is 0 Å². The highest BCUT2D eigenvalue weighted by Crippen LogP contribution is 2.48. The molecule has 2 N–H and O–H groups in total. The molecule has 1 aliphatic heterocycles. The second kappa shape index (κ2) is 11.7. The summed E-state index contributed by atoms with van der Waals surface area (Å²) in [6.45, 7) is 7.76. The van der Waals surface area contributed by atoms with Crippen molar-refractivity contribution in [2.24, 2.45) is 0 Å². The van der Waals surface area contributed by atoms with E-state index in [1.807, 2.05) is 18.7 Å². The number of amides is 1. The van der Waals surface area contributed by atoms with Crippen LogP contribution in [0.25, 0.3) is 28.0 Å². The van der Waals surface area contributed by atoms with Crippen LogP contribution in [0.2, 0.25) is 5.02 Å². The molecular weight excluding hydrogens is 657 g/mol. The minimum atomic E-state index is -4.20. The normalized spacial score (nSPS) is 19.9. The van der Waals surface area contributed by atoms with E-state index < -0.39 is 32.2 Å². The molecule has 4 heterocycles. The van der Waals surface area contributed by atoms with Crippen LogP contribution in [0.15, 0.2) is 52.9 Å². The van der Waals surface area contributed by atoms with Gasteiger partial charge in [0.05, 0.1) is 39.0 Å². The fourth-order valence-electron chi connectivity index (χ4n) is 6.85. The summed E-state index contributed by atoms with van der Waals surface area (Å²) in [5.41, 5.74) is 7.40. The Labute approximate surface area is 282 Å². The summed E-state index contributed by atoms with van der Waals surface area (Å²) < 4.78 is 44.3. The van der Waals surface area contributed by atoms with Gasteiger partial charge in [0.15, 0.2) is 14.7 Å². The summed E-state index contributed by atoms with van der Waals surface area (Å²) in [5.74, 6) is -0.779. The van der Waals surface area contributed by atoms with Crippen LogP contribution in [-0.2, 0) is 14.6 Å². The van der Waals surface area contributed by atoms with Crippen molar-refractivity contribution in [3.63, 3.8) is 0 Å². The van der Waals surface area contributed by atoms with Crippen LogP contribution in [0.3, 0.4) is 0 Å². The Morgan fingerprint density at radius 3 is 2.27 bits per heavy atom. The lowest BCUT2D eigenvalue weighted by Crippen LogP contribution is -2.58. The molecule has 0 bridgehead atoms. The fraction of sp³-hybridized carbons (Fsp3) is 0.382. The minimum absolute atomic E-state index is 0.00609. The summed E-state index contributed by atoms with van der Waals surface area (Å²) in [6, 6.07) is 4.99. The van der Waals surface area contributed by atoms with Gasteiger partial charge >= 0.3 is 0 Å². The Morgan fingerprint density at radius 1 is 1.06 bits per heavy atom. The minimum Gasteiger partial charge on any atom is -0.398 e. The molecule has 1 aromatic carbocycles. The van der Waals surface area contributed by atoms with Gasteiger partial charge in [-0.2, -0.15) is 0 Å². The van der Waals surface area contributed by atoms with Gasteiger partial charge in [-0.25, -0.2) is 27.8 Å². The third kappa shape index (κ3) is 5.33. The number of benzene rings is 1. The number of pyridine rings is 2. The Hall–Kier alpha value is -4.36. The van der Waals surface area contributed by atoms with E-state index in [0.717, 1.165) is 31.9 Å². The Kier molecular flexibility index (Phi) is 7.82. The van der Waals surface area contributed by atoms with Crippen LogP contribution in [0, 0.1) is 5.82 Å². The lowest BCUT2D eigenvalue weighted by molar-refractivity contribution is -0.128. The van der Waals surface area contributed by atoms with Crippen molar-refractivity contribution in [1.29, 1.82) is 0 Å². The van der Waals surface area contributed by atoms with Crippen molar-refractivity contribution in [2.75, 3.05) is 30.0 Å². The Bertz CT molecular complexity index is 2150. The molecule has 3 aromatic heterocycles. The van der Waals surface area contributed by atoms with Crippen LogP contribution in [0.1, 0.15) is 62.8 Å². The first kappa shape index (κ1) is 32.2. The standard InChI is InChI=1S/C34H35ClFN7O4S/c1-5-25(44)41-14-18(3)42(15-17(41)2)30-21-13-22(35)29(26-23(36)7-6-8-24(26)37)40-33(21)43(34(45)32(30)48(4,46)47)31-27(19-9-10-19)38-16-39-28(31)20-11-12-20/h5-8,13,16-20H,1,9-12,14-15,37H2,2-4H3/t17-,18+/m1/s1. The molecule has 1 saturated heterocycles. The number of anilines is 2. The van der Waals surface area contributed by atoms with E-state index in [0.29, 0.717) is 17.1 Å². The molecule has 2 aliphatic carbocycles. The molecule has 14 heteroatoms. The molecular formula is C34H35ClFN7O4S. The molecule has 0 unspecified atom stereocenters. The molecule has 0 radical (unpaired) electrons. The zero-order valence-corrected chi connectivity index (χ0v) is 28.4. The van der Waals surface area contributed by atoms with E-state index in [-0.39, 0.29) is 75.6 Å². The number of carbonyl (C=O) groups excluding carboxylic acids is 1. The van der Waals surface area contributed by atoms with E-state index in [2.05, 4.69) is 16.5 Å². The predicted octanol–water partition coefficient (Wildman–Crippen LogP) is 4.99. The van der Waals surface area contributed by atoms with E-state index in [1.165, 1.54) is 41.2 Å². The Balaban J connectivity index is 1.62. The van der Waals surface area contributed by atoms with Gasteiger partial charge in [0.25, 0.3) is 5.56 Å². The molecule has 2 atom stereocenters. The first-order valence-electron chi connectivity index (χ1n) is 15.9. The monoisotopic (exact) mass is 691 g/mol. The molecule has 1 amide bonds. The second-order valence-corrected chi connectivity index (χ2v) is 15.4. The maximum absolute atomic E-state index is 15.4.